The highest BCUT2D eigenvalue weighted by molar-refractivity contribution is 8.00. The second-order valence-corrected chi connectivity index (χ2v) is 5.54. The number of thioether (sulfide) groups is 1. The van der Waals surface area contributed by atoms with E-state index in [-0.39, 0.29) is 23.5 Å². The van der Waals surface area contributed by atoms with Crippen molar-refractivity contribution in [1.29, 1.82) is 0 Å². The van der Waals surface area contributed by atoms with Crippen molar-refractivity contribution in [3.8, 4) is 0 Å². The summed E-state index contributed by atoms with van der Waals surface area (Å²) in [6, 6.07) is 7.38. The van der Waals surface area contributed by atoms with Crippen LogP contribution in [0.5, 0.6) is 0 Å². The number of carbonyl (C=O) groups excluding carboxylic acids is 2. The van der Waals surface area contributed by atoms with E-state index in [0.29, 0.717) is 12.2 Å². The number of hydrogen-bond acceptors (Lipinski definition) is 4. The summed E-state index contributed by atoms with van der Waals surface area (Å²) < 4.78 is 0. The van der Waals surface area contributed by atoms with Crippen LogP contribution in [0.4, 0.5) is 5.69 Å². The van der Waals surface area contributed by atoms with Gasteiger partial charge in [0.05, 0.1) is 5.25 Å². The number of imide groups is 1. The molecule has 5 heteroatoms. The molecule has 0 radical (unpaired) electrons. The van der Waals surface area contributed by atoms with Crippen LogP contribution in [0.3, 0.4) is 0 Å². The number of carbonyl (C=O) groups is 2. The fourth-order valence-electron chi connectivity index (χ4n) is 1.96. The number of rotatable bonds is 4. The first-order chi connectivity index (χ1) is 8.61. The third-order valence-electron chi connectivity index (χ3n) is 2.79. The number of anilines is 1. The number of nitrogens with zero attached hydrogens (tertiary/aromatic N) is 1. The van der Waals surface area contributed by atoms with Gasteiger partial charge in [-0.1, -0.05) is 13.0 Å². The van der Waals surface area contributed by atoms with Crippen LogP contribution in [0.15, 0.2) is 29.2 Å². The van der Waals surface area contributed by atoms with Crippen molar-refractivity contribution in [3.63, 3.8) is 0 Å². The highest BCUT2D eigenvalue weighted by atomic mass is 32.2. The molecule has 1 unspecified atom stereocenters. The van der Waals surface area contributed by atoms with E-state index in [1.54, 1.807) is 6.07 Å². The molecular formula is C13H16N2O2S. The lowest BCUT2D eigenvalue weighted by atomic mass is 10.3. The smallest absolute Gasteiger partial charge is 0.243 e. The van der Waals surface area contributed by atoms with E-state index in [1.807, 2.05) is 25.1 Å². The summed E-state index contributed by atoms with van der Waals surface area (Å²) >= 11 is 1.41. The number of hydrogen-bond donors (Lipinski definition) is 1. The third kappa shape index (κ3) is 2.67. The molecule has 0 aromatic heterocycles. The molecule has 18 heavy (non-hydrogen) atoms. The van der Waals surface area contributed by atoms with E-state index < -0.39 is 0 Å². The van der Waals surface area contributed by atoms with Crippen molar-refractivity contribution in [2.24, 2.45) is 0 Å². The van der Waals surface area contributed by atoms with Gasteiger partial charge in [-0.05, 0) is 24.6 Å². The first-order valence-corrected chi connectivity index (χ1v) is 6.86. The van der Waals surface area contributed by atoms with Gasteiger partial charge in [-0.2, -0.15) is 0 Å². The van der Waals surface area contributed by atoms with Crippen LogP contribution in [0.1, 0.15) is 19.8 Å². The van der Waals surface area contributed by atoms with Gasteiger partial charge in [0.2, 0.25) is 11.8 Å². The first-order valence-electron chi connectivity index (χ1n) is 5.98. The second-order valence-electron chi connectivity index (χ2n) is 4.27. The van der Waals surface area contributed by atoms with Gasteiger partial charge >= 0.3 is 0 Å². The zero-order valence-corrected chi connectivity index (χ0v) is 11.1. The van der Waals surface area contributed by atoms with E-state index in [9.17, 15) is 9.59 Å². The summed E-state index contributed by atoms with van der Waals surface area (Å²) in [7, 11) is 0. The Morgan fingerprint density at radius 3 is 2.89 bits per heavy atom. The van der Waals surface area contributed by atoms with E-state index in [0.717, 1.165) is 11.3 Å². The van der Waals surface area contributed by atoms with Crippen LogP contribution in [0.2, 0.25) is 0 Å². The predicted octanol–water partition coefficient (Wildman–Crippen LogP) is 1.90. The Kier molecular flexibility index (Phi) is 3.91. The largest absolute Gasteiger partial charge is 0.399 e. The zero-order valence-electron chi connectivity index (χ0n) is 10.3. The summed E-state index contributed by atoms with van der Waals surface area (Å²) in [5.41, 5.74) is 6.36. The Hall–Kier alpha value is -1.49. The molecule has 0 aliphatic carbocycles. The molecule has 2 N–H and O–H groups in total. The Morgan fingerprint density at radius 2 is 2.22 bits per heavy atom. The Labute approximate surface area is 111 Å². The summed E-state index contributed by atoms with van der Waals surface area (Å²) in [5, 5.41) is -0.300. The lowest BCUT2D eigenvalue weighted by Gasteiger charge is -2.13. The van der Waals surface area contributed by atoms with Crippen LogP contribution in [0.25, 0.3) is 0 Å². The minimum absolute atomic E-state index is 0.0664. The van der Waals surface area contributed by atoms with Crippen molar-refractivity contribution in [1.82, 2.24) is 4.90 Å². The van der Waals surface area contributed by atoms with Gasteiger partial charge < -0.3 is 5.73 Å². The average Bonchev–Trinajstić information content (AvgIpc) is 2.57. The SMILES string of the molecule is CCCN1C(=O)CC(Sc2cccc(N)c2)C1=O. The third-order valence-corrected chi connectivity index (χ3v) is 3.97. The summed E-state index contributed by atoms with van der Waals surface area (Å²) in [5.74, 6) is -0.141. The molecule has 2 amide bonds. The molecule has 1 fully saturated rings. The Balaban J connectivity index is 2.07. The molecule has 1 aromatic rings. The fraction of sp³-hybridized carbons (Fsp3) is 0.385. The molecule has 1 saturated heterocycles. The minimum atomic E-state index is -0.300. The second kappa shape index (κ2) is 5.44. The summed E-state index contributed by atoms with van der Waals surface area (Å²) in [6.45, 7) is 2.48. The maximum atomic E-state index is 12.0. The van der Waals surface area contributed by atoms with Crippen molar-refractivity contribution < 1.29 is 9.59 Å². The van der Waals surface area contributed by atoms with Gasteiger partial charge in [-0.15, -0.1) is 11.8 Å². The van der Waals surface area contributed by atoms with Gasteiger partial charge in [0, 0.05) is 23.5 Å². The van der Waals surface area contributed by atoms with Gasteiger partial charge in [0.1, 0.15) is 0 Å². The molecule has 1 atom stereocenters. The number of amides is 2. The molecule has 96 valence electrons. The molecule has 0 spiro atoms. The van der Waals surface area contributed by atoms with E-state index in [4.69, 9.17) is 5.73 Å². The van der Waals surface area contributed by atoms with E-state index >= 15 is 0 Å². The van der Waals surface area contributed by atoms with Crippen LogP contribution in [-0.2, 0) is 9.59 Å². The maximum Gasteiger partial charge on any atom is 0.243 e. The Morgan fingerprint density at radius 1 is 1.44 bits per heavy atom. The van der Waals surface area contributed by atoms with E-state index in [1.165, 1.54) is 16.7 Å². The highest BCUT2D eigenvalue weighted by Gasteiger charge is 2.38. The molecule has 0 saturated carbocycles. The fourth-order valence-corrected chi connectivity index (χ4v) is 3.10. The average molecular weight is 264 g/mol. The summed E-state index contributed by atoms with van der Waals surface area (Å²) in [4.78, 5) is 26.1. The normalized spacial score (nSPS) is 19.6. The Bertz CT molecular complexity index is 476. The molecule has 4 nitrogen and oxygen atoms in total. The van der Waals surface area contributed by atoms with Crippen molar-refractivity contribution >= 4 is 29.3 Å². The number of nitrogen functional groups attached to an aromatic ring is 1. The quantitative estimate of drug-likeness (QED) is 0.666. The molecule has 1 heterocycles. The van der Waals surface area contributed by atoms with Crippen molar-refractivity contribution in [2.75, 3.05) is 12.3 Å². The lowest BCUT2D eigenvalue weighted by Crippen LogP contribution is -2.31. The molecular weight excluding hydrogens is 248 g/mol. The topological polar surface area (TPSA) is 63.4 Å². The van der Waals surface area contributed by atoms with Gasteiger partial charge in [-0.25, -0.2) is 0 Å². The molecule has 1 aliphatic heterocycles. The van der Waals surface area contributed by atoms with Gasteiger partial charge in [0.25, 0.3) is 0 Å². The number of benzene rings is 1. The minimum Gasteiger partial charge on any atom is -0.399 e. The first kappa shape index (κ1) is 13.0. The number of nitrogens with two attached hydrogens (primary N) is 1. The zero-order chi connectivity index (χ0) is 13.1. The van der Waals surface area contributed by atoms with E-state index in [2.05, 4.69) is 0 Å². The van der Waals surface area contributed by atoms with Crippen LogP contribution < -0.4 is 5.73 Å². The molecule has 0 bridgehead atoms. The van der Waals surface area contributed by atoms with Gasteiger partial charge in [-0.3, -0.25) is 14.5 Å². The molecule has 1 aromatic carbocycles. The van der Waals surface area contributed by atoms with Crippen molar-refractivity contribution in [2.45, 2.75) is 29.9 Å². The lowest BCUT2D eigenvalue weighted by molar-refractivity contribution is -0.138. The van der Waals surface area contributed by atoms with Gasteiger partial charge in [0.15, 0.2) is 0 Å². The van der Waals surface area contributed by atoms with Crippen LogP contribution in [0, 0.1) is 0 Å². The maximum absolute atomic E-state index is 12.0. The predicted molar refractivity (Wildman–Crippen MR) is 72.1 cm³/mol. The highest BCUT2D eigenvalue weighted by Crippen LogP contribution is 2.32. The van der Waals surface area contributed by atoms with Crippen molar-refractivity contribution in [3.05, 3.63) is 24.3 Å². The summed E-state index contributed by atoms with van der Waals surface area (Å²) in [6.07, 6.45) is 1.09. The standard InChI is InChI=1S/C13H16N2O2S/c1-2-6-15-12(16)8-11(13(15)17)18-10-5-3-4-9(14)7-10/h3-5,7,11H,2,6,8,14H2,1H3. The molecule has 2 rings (SSSR count). The van der Waals surface area contributed by atoms with Crippen LogP contribution >= 0.6 is 11.8 Å². The van der Waals surface area contributed by atoms with Crippen LogP contribution in [-0.4, -0.2) is 28.5 Å². The molecule has 1 aliphatic rings. The number of likely N-dealkylation sites (tertiary alicyclic amines) is 1. The monoisotopic (exact) mass is 264 g/mol.